The van der Waals surface area contributed by atoms with Crippen LogP contribution in [0.25, 0.3) is 0 Å². The molecule has 0 radical (unpaired) electrons. The zero-order chi connectivity index (χ0) is 13.9. The van der Waals surface area contributed by atoms with Crippen molar-refractivity contribution in [2.45, 2.75) is 13.5 Å². The number of nitrogens with one attached hydrogen (secondary N) is 1. The van der Waals surface area contributed by atoms with E-state index >= 15 is 0 Å². The highest BCUT2D eigenvalue weighted by Gasteiger charge is 2.06. The topological polar surface area (TPSA) is 39.7 Å². The van der Waals surface area contributed by atoms with Crippen LogP contribution in [-0.2, 0) is 11.3 Å². The quantitative estimate of drug-likeness (QED) is 0.561. The Labute approximate surface area is 127 Å². The molecule has 5 heteroatoms. The average molecular weight is 300 g/mol. The average Bonchev–Trinajstić information content (AvgIpc) is 2.43. The molecule has 0 bridgehead atoms. The molecule has 0 saturated carbocycles. The highest BCUT2D eigenvalue weighted by atomic mass is 35.5. The SMILES string of the molecule is C#CCOc1ccc(CNCCOC)cc1OCC.Cl. The fraction of sp³-hybridized carbons (Fsp3) is 0.467. The first-order valence-electron chi connectivity index (χ1n) is 6.33. The van der Waals surface area contributed by atoms with Gasteiger partial charge in [-0.1, -0.05) is 12.0 Å². The van der Waals surface area contributed by atoms with Gasteiger partial charge in [-0.05, 0) is 24.6 Å². The smallest absolute Gasteiger partial charge is 0.162 e. The molecule has 0 aliphatic heterocycles. The molecule has 0 amide bonds. The van der Waals surface area contributed by atoms with Gasteiger partial charge in [-0.25, -0.2) is 0 Å². The number of rotatable bonds is 9. The van der Waals surface area contributed by atoms with Crippen LogP contribution < -0.4 is 14.8 Å². The maximum absolute atomic E-state index is 5.56. The lowest BCUT2D eigenvalue weighted by Crippen LogP contribution is -2.18. The minimum atomic E-state index is 0. The van der Waals surface area contributed by atoms with Crippen molar-refractivity contribution in [3.05, 3.63) is 23.8 Å². The molecule has 112 valence electrons. The van der Waals surface area contributed by atoms with E-state index in [1.54, 1.807) is 7.11 Å². The summed E-state index contributed by atoms with van der Waals surface area (Å²) in [6, 6.07) is 5.85. The van der Waals surface area contributed by atoms with Crippen molar-refractivity contribution >= 4 is 12.4 Å². The highest BCUT2D eigenvalue weighted by molar-refractivity contribution is 5.85. The van der Waals surface area contributed by atoms with E-state index in [0.29, 0.717) is 19.0 Å². The second-order valence-electron chi connectivity index (χ2n) is 3.88. The number of halogens is 1. The number of terminal acetylenes is 1. The number of ether oxygens (including phenoxy) is 3. The molecule has 20 heavy (non-hydrogen) atoms. The Balaban J connectivity index is 0.00000361. The van der Waals surface area contributed by atoms with Crippen molar-refractivity contribution in [1.82, 2.24) is 5.32 Å². The first kappa shape index (κ1) is 18.6. The summed E-state index contributed by atoms with van der Waals surface area (Å²) in [5, 5.41) is 3.28. The summed E-state index contributed by atoms with van der Waals surface area (Å²) >= 11 is 0. The van der Waals surface area contributed by atoms with Crippen LogP contribution in [0, 0.1) is 12.3 Å². The molecule has 0 aromatic heterocycles. The summed E-state index contributed by atoms with van der Waals surface area (Å²) in [6.45, 7) is 5.04. The maximum atomic E-state index is 5.56. The molecule has 0 fully saturated rings. The number of hydrogen-bond donors (Lipinski definition) is 1. The molecule has 4 nitrogen and oxygen atoms in total. The van der Waals surface area contributed by atoms with Crippen LogP contribution >= 0.6 is 12.4 Å². The van der Waals surface area contributed by atoms with E-state index in [4.69, 9.17) is 20.6 Å². The summed E-state index contributed by atoms with van der Waals surface area (Å²) in [5.74, 6) is 3.85. The Morgan fingerprint density at radius 2 is 2.05 bits per heavy atom. The van der Waals surface area contributed by atoms with Gasteiger partial charge in [0.2, 0.25) is 0 Å². The largest absolute Gasteiger partial charge is 0.490 e. The molecule has 1 aromatic carbocycles. The first-order valence-corrected chi connectivity index (χ1v) is 6.33. The van der Waals surface area contributed by atoms with Crippen LogP contribution in [0.3, 0.4) is 0 Å². The van der Waals surface area contributed by atoms with Crippen LogP contribution in [-0.4, -0.2) is 33.5 Å². The molecule has 0 atom stereocenters. The third-order valence-corrected chi connectivity index (χ3v) is 2.43. The predicted molar refractivity (Wildman–Crippen MR) is 82.8 cm³/mol. The molecule has 0 aliphatic rings. The zero-order valence-electron chi connectivity index (χ0n) is 12.0. The Morgan fingerprint density at radius 3 is 2.70 bits per heavy atom. The van der Waals surface area contributed by atoms with E-state index in [2.05, 4.69) is 11.2 Å². The molecule has 0 saturated heterocycles. The van der Waals surface area contributed by atoms with E-state index in [9.17, 15) is 0 Å². The van der Waals surface area contributed by atoms with Gasteiger partial charge >= 0.3 is 0 Å². The van der Waals surface area contributed by atoms with Crippen LogP contribution in [0.15, 0.2) is 18.2 Å². The third kappa shape index (κ3) is 6.67. The van der Waals surface area contributed by atoms with Crippen LogP contribution in [0.5, 0.6) is 11.5 Å². The Morgan fingerprint density at radius 1 is 1.25 bits per heavy atom. The second kappa shape index (κ2) is 11.4. The fourth-order valence-electron chi connectivity index (χ4n) is 1.58. The Hall–Kier alpha value is -1.41. The van der Waals surface area contributed by atoms with Gasteiger partial charge in [-0.15, -0.1) is 18.8 Å². The fourth-order valence-corrected chi connectivity index (χ4v) is 1.58. The zero-order valence-corrected chi connectivity index (χ0v) is 12.8. The number of hydrogen-bond acceptors (Lipinski definition) is 4. The van der Waals surface area contributed by atoms with Gasteiger partial charge in [0.1, 0.15) is 6.61 Å². The Kier molecular flexibility index (Phi) is 10.6. The summed E-state index contributed by atoms with van der Waals surface area (Å²) in [5.41, 5.74) is 1.13. The van der Waals surface area contributed by atoms with Crippen molar-refractivity contribution in [1.29, 1.82) is 0 Å². The molecule has 1 aromatic rings. The minimum absolute atomic E-state index is 0. The van der Waals surface area contributed by atoms with Crippen LogP contribution in [0.1, 0.15) is 12.5 Å². The standard InChI is InChI=1S/C15H21NO3.ClH/c1-4-9-19-14-7-6-13(11-15(14)18-5-2)12-16-8-10-17-3;/h1,6-7,11,16H,5,8-10,12H2,2-3H3;1H. The van der Waals surface area contributed by atoms with Crippen molar-refractivity contribution in [3.63, 3.8) is 0 Å². The van der Waals surface area contributed by atoms with Gasteiger partial charge < -0.3 is 19.5 Å². The molecular formula is C15H22ClNO3. The van der Waals surface area contributed by atoms with Gasteiger partial charge in [-0.3, -0.25) is 0 Å². The van der Waals surface area contributed by atoms with E-state index in [-0.39, 0.29) is 19.0 Å². The van der Waals surface area contributed by atoms with Gasteiger partial charge in [0.15, 0.2) is 11.5 Å². The number of methoxy groups -OCH3 is 1. The lowest BCUT2D eigenvalue weighted by molar-refractivity contribution is 0.199. The summed E-state index contributed by atoms with van der Waals surface area (Å²) in [7, 11) is 1.69. The molecule has 0 spiro atoms. The third-order valence-electron chi connectivity index (χ3n) is 2.43. The van der Waals surface area contributed by atoms with Crippen LogP contribution in [0.2, 0.25) is 0 Å². The van der Waals surface area contributed by atoms with Crippen molar-refractivity contribution in [2.24, 2.45) is 0 Å². The summed E-state index contributed by atoms with van der Waals surface area (Å²) in [4.78, 5) is 0. The molecule has 0 aliphatic carbocycles. The monoisotopic (exact) mass is 299 g/mol. The van der Waals surface area contributed by atoms with E-state index in [1.165, 1.54) is 0 Å². The maximum Gasteiger partial charge on any atom is 0.162 e. The van der Waals surface area contributed by atoms with Crippen molar-refractivity contribution in [2.75, 3.05) is 33.5 Å². The second-order valence-corrected chi connectivity index (χ2v) is 3.88. The van der Waals surface area contributed by atoms with Crippen LogP contribution in [0.4, 0.5) is 0 Å². The molecule has 1 rings (SSSR count). The predicted octanol–water partition coefficient (Wildman–Crippen LogP) is 2.26. The van der Waals surface area contributed by atoms with Crippen molar-refractivity contribution in [3.8, 4) is 23.8 Å². The molecular weight excluding hydrogens is 278 g/mol. The molecule has 1 N–H and O–H groups in total. The van der Waals surface area contributed by atoms with E-state index < -0.39 is 0 Å². The highest BCUT2D eigenvalue weighted by Crippen LogP contribution is 2.28. The Bertz CT molecular complexity index is 418. The van der Waals surface area contributed by atoms with Gasteiger partial charge in [0.25, 0.3) is 0 Å². The number of benzene rings is 1. The summed E-state index contributed by atoms with van der Waals surface area (Å²) in [6.07, 6.45) is 5.19. The van der Waals surface area contributed by atoms with Crippen molar-refractivity contribution < 1.29 is 14.2 Å². The van der Waals surface area contributed by atoms with Gasteiger partial charge in [0.05, 0.1) is 13.2 Å². The molecule has 0 heterocycles. The minimum Gasteiger partial charge on any atom is -0.490 e. The van der Waals surface area contributed by atoms with Gasteiger partial charge in [0, 0.05) is 20.2 Å². The summed E-state index contributed by atoms with van der Waals surface area (Å²) < 4.78 is 16.0. The normalized spacial score (nSPS) is 9.45. The lowest BCUT2D eigenvalue weighted by atomic mass is 10.2. The van der Waals surface area contributed by atoms with E-state index in [1.807, 2.05) is 25.1 Å². The first-order chi connectivity index (χ1) is 9.31. The van der Waals surface area contributed by atoms with E-state index in [0.717, 1.165) is 24.4 Å². The van der Waals surface area contributed by atoms with Gasteiger partial charge in [-0.2, -0.15) is 0 Å². The molecule has 0 unspecified atom stereocenters. The lowest BCUT2D eigenvalue weighted by Gasteiger charge is -2.12.